The number of carbonyl (C=O) groups excluding carboxylic acids is 1. The van der Waals surface area contributed by atoms with Crippen molar-refractivity contribution in [3.05, 3.63) is 0 Å². The summed E-state index contributed by atoms with van der Waals surface area (Å²) in [6.45, 7) is 11.0. The molecule has 1 atom stereocenters. The summed E-state index contributed by atoms with van der Waals surface area (Å²) in [6, 6.07) is 0.641. The van der Waals surface area contributed by atoms with E-state index in [0.717, 1.165) is 0 Å². The molecule has 0 spiro atoms. The Morgan fingerprint density at radius 1 is 0.963 bits per heavy atom. The summed E-state index contributed by atoms with van der Waals surface area (Å²) in [5.41, 5.74) is 0. The first kappa shape index (κ1) is 26.2. The Labute approximate surface area is 164 Å². The van der Waals surface area contributed by atoms with Crippen molar-refractivity contribution >= 4 is 14.9 Å². The van der Waals surface area contributed by atoms with E-state index in [1.165, 1.54) is 0 Å². The summed E-state index contributed by atoms with van der Waals surface area (Å²) >= 11 is 0. The number of nitrogens with one attached hydrogen (secondary N) is 1. The summed E-state index contributed by atoms with van der Waals surface area (Å²) in [4.78, 5) is 11.7. The molecule has 0 aromatic heterocycles. The van der Waals surface area contributed by atoms with Gasteiger partial charge >= 0.3 is 14.9 Å². The molecule has 0 radical (unpaired) electrons. The molecule has 1 N–H and O–H groups in total. The zero-order valence-electron chi connectivity index (χ0n) is 17.4. The molecule has 9 nitrogen and oxygen atoms in total. The number of ether oxygens (including phenoxy) is 4. The minimum atomic E-state index is -2.66. The molecule has 0 heterocycles. The zero-order chi connectivity index (χ0) is 20.4. The average Bonchev–Trinajstić information content (AvgIpc) is 2.65. The molecule has 27 heavy (non-hydrogen) atoms. The van der Waals surface area contributed by atoms with E-state index in [-0.39, 0.29) is 19.8 Å². The van der Waals surface area contributed by atoms with Crippen LogP contribution in [0.5, 0.6) is 0 Å². The Balaban J connectivity index is 3.91. The van der Waals surface area contributed by atoms with Gasteiger partial charge in [-0.3, -0.25) is 0 Å². The molecule has 1 unspecified atom stereocenters. The molecule has 1 amide bonds. The maximum Gasteiger partial charge on any atom is 0.500 e. The molecule has 0 bridgehead atoms. The highest BCUT2D eigenvalue weighted by atomic mass is 28.4. The van der Waals surface area contributed by atoms with Crippen LogP contribution in [0.3, 0.4) is 0 Å². The zero-order valence-corrected chi connectivity index (χ0v) is 18.4. The Bertz CT molecular complexity index is 345. The Kier molecular flexibility index (Phi) is 16.9. The SMILES string of the molecule is CCOC(COCCOC(=O)NCCC[Si](OCC)(OCC)OCC)OC. The molecule has 0 saturated carbocycles. The van der Waals surface area contributed by atoms with Crippen LogP contribution < -0.4 is 5.32 Å². The fourth-order valence-electron chi connectivity index (χ4n) is 2.29. The number of amides is 1. The first-order valence-corrected chi connectivity index (χ1v) is 11.5. The summed E-state index contributed by atoms with van der Waals surface area (Å²) in [6.07, 6.45) is -0.209. The van der Waals surface area contributed by atoms with Gasteiger partial charge in [0.05, 0.1) is 13.2 Å². The Morgan fingerprint density at radius 3 is 2.11 bits per heavy atom. The molecular formula is C17H37NO8Si. The second-order valence-electron chi connectivity index (χ2n) is 5.34. The van der Waals surface area contributed by atoms with Gasteiger partial charge in [0.25, 0.3) is 0 Å². The molecule has 0 rings (SSSR count). The van der Waals surface area contributed by atoms with E-state index in [0.29, 0.717) is 45.4 Å². The molecule has 0 aliphatic carbocycles. The van der Waals surface area contributed by atoms with Crippen molar-refractivity contribution in [3.63, 3.8) is 0 Å². The highest BCUT2D eigenvalue weighted by Gasteiger charge is 2.39. The molecule has 0 aromatic rings. The summed E-state index contributed by atoms with van der Waals surface area (Å²) in [7, 11) is -1.11. The monoisotopic (exact) mass is 411 g/mol. The van der Waals surface area contributed by atoms with Gasteiger partial charge in [0.15, 0.2) is 6.29 Å². The van der Waals surface area contributed by atoms with Crippen LogP contribution in [0.2, 0.25) is 6.04 Å². The smallest absolute Gasteiger partial charge is 0.447 e. The lowest BCUT2D eigenvalue weighted by Crippen LogP contribution is -2.46. The van der Waals surface area contributed by atoms with E-state index >= 15 is 0 Å². The summed E-state index contributed by atoms with van der Waals surface area (Å²) in [5.74, 6) is 0. The van der Waals surface area contributed by atoms with Crippen molar-refractivity contribution in [1.82, 2.24) is 5.32 Å². The van der Waals surface area contributed by atoms with E-state index in [9.17, 15) is 4.79 Å². The van der Waals surface area contributed by atoms with Crippen LogP contribution >= 0.6 is 0 Å². The van der Waals surface area contributed by atoms with Crippen molar-refractivity contribution in [2.45, 2.75) is 46.4 Å². The molecular weight excluding hydrogens is 374 g/mol. The van der Waals surface area contributed by atoms with Crippen molar-refractivity contribution in [3.8, 4) is 0 Å². The normalized spacial score (nSPS) is 12.8. The molecule has 0 aliphatic heterocycles. The first-order chi connectivity index (χ1) is 13.1. The number of hydrogen-bond acceptors (Lipinski definition) is 8. The average molecular weight is 412 g/mol. The summed E-state index contributed by atoms with van der Waals surface area (Å²) < 4.78 is 38.0. The maximum absolute atomic E-state index is 11.7. The van der Waals surface area contributed by atoms with Gasteiger partial charge in [0.1, 0.15) is 6.61 Å². The van der Waals surface area contributed by atoms with Crippen LogP contribution in [0.25, 0.3) is 0 Å². The second-order valence-corrected chi connectivity index (χ2v) is 8.08. The highest BCUT2D eigenvalue weighted by molar-refractivity contribution is 6.60. The van der Waals surface area contributed by atoms with Gasteiger partial charge < -0.3 is 37.5 Å². The third kappa shape index (κ3) is 13.1. The van der Waals surface area contributed by atoms with E-state index < -0.39 is 21.2 Å². The second kappa shape index (κ2) is 17.4. The Hall–Kier alpha value is -0.753. The quantitative estimate of drug-likeness (QED) is 0.208. The topological polar surface area (TPSA) is 93.7 Å². The minimum absolute atomic E-state index is 0.157. The van der Waals surface area contributed by atoms with E-state index in [4.69, 9.17) is 32.2 Å². The Morgan fingerprint density at radius 2 is 1.59 bits per heavy atom. The minimum Gasteiger partial charge on any atom is -0.447 e. The number of rotatable bonds is 18. The number of hydrogen-bond donors (Lipinski definition) is 1. The predicted octanol–water partition coefficient (Wildman–Crippen LogP) is 2.18. The van der Waals surface area contributed by atoms with Crippen molar-refractivity contribution in [1.29, 1.82) is 0 Å². The first-order valence-electron chi connectivity index (χ1n) is 9.61. The van der Waals surface area contributed by atoms with Crippen LogP contribution in [0.4, 0.5) is 4.79 Å². The molecule has 0 aromatic carbocycles. The van der Waals surface area contributed by atoms with Gasteiger partial charge in [0.2, 0.25) is 0 Å². The number of methoxy groups -OCH3 is 1. The largest absolute Gasteiger partial charge is 0.500 e. The van der Waals surface area contributed by atoms with Gasteiger partial charge in [-0.05, 0) is 34.1 Å². The number of alkyl carbamates (subject to hydrolysis) is 1. The van der Waals surface area contributed by atoms with Gasteiger partial charge in [-0.2, -0.15) is 0 Å². The van der Waals surface area contributed by atoms with Crippen LogP contribution in [0.1, 0.15) is 34.1 Å². The summed E-state index contributed by atoms with van der Waals surface area (Å²) in [5, 5.41) is 2.70. The lowest BCUT2D eigenvalue weighted by molar-refractivity contribution is -0.155. The van der Waals surface area contributed by atoms with Crippen molar-refractivity contribution in [2.75, 3.05) is 59.9 Å². The van der Waals surface area contributed by atoms with Crippen LogP contribution in [0, 0.1) is 0 Å². The van der Waals surface area contributed by atoms with Gasteiger partial charge in [0, 0.05) is 46.1 Å². The van der Waals surface area contributed by atoms with Gasteiger partial charge in [-0.1, -0.05) is 0 Å². The van der Waals surface area contributed by atoms with Crippen molar-refractivity contribution in [2.24, 2.45) is 0 Å². The van der Waals surface area contributed by atoms with E-state index in [2.05, 4.69) is 5.32 Å². The molecule has 0 saturated heterocycles. The fourth-order valence-corrected chi connectivity index (χ4v) is 4.90. The van der Waals surface area contributed by atoms with Crippen molar-refractivity contribution < 1.29 is 37.0 Å². The fraction of sp³-hybridized carbons (Fsp3) is 0.941. The molecule has 162 valence electrons. The molecule has 0 fully saturated rings. The van der Waals surface area contributed by atoms with Gasteiger partial charge in [-0.15, -0.1) is 0 Å². The third-order valence-corrected chi connectivity index (χ3v) is 6.50. The third-order valence-electron chi connectivity index (χ3n) is 3.35. The highest BCUT2D eigenvalue weighted by Crippen LogP contribution is 2.17. The standard InChI is InChI=1S/C17H37NO8Si/c1-6-22-16(20-5)15-21-12-13-23-17(19)18-11-10-14-27(24-7-2,25-8-3)26-9-4/h16H,6-15H2,1-5H3,(H,18,19). The maximum atomic E-state index is 11.7. The van der Waals surface area contributed by atoms with E-state index in [1.807, 2.05) is 27.7 Å². The number of carbonyl (C=O) groups is 1. The van der Waals surface area contributed by atoms with Gasteiger partial charge in [-0.25, -0.2) is 4.79 Å². The van der Waals surface area contributed by atoms with E-state index in [1.54, 1.807) is 7.11 Å². The molecule has 10 heteroatoms. The van der Waals surface area contributed by atoms with Crippen LogP contribution in [-0.4, -0.2) is 81.1 Å². The lowest BCUT2D eigenvalue weighted by Gasteiger charge is -2.28. The van der Waals surface area contributed by atoms with Crippen LogP contribution in [-0.2, 0) is 32.2 Å². The lowest BCUT2D eigenvalue weighted by atomic mass is 10.5. The molecule has 0 aliphatic rings. The van der Waals surface area contributed by atoms with Crippen LogP contribution in [0.15, 0.2) is 0 Å². The predicted molar refractivity (Wildman–Crippen MR) is 103 cm³/mol.